The molecular formula is C16H23FN2O2. The highest BCUT2D eigenvalue weighted by Crippen LogP contribution is 2.17. The first-order valence-electron chi connectivity index (χ1n) is 7.60. The summed E-state index contributed by atoms with van der Waals surface area (Å²) >= 11 is 0. The Kier molecular flexibility index (Phi) is 5.99. The van der Waals surface area contributed by atoms with Crippen molar-refractivity contribution in [1.82, 2.24) is 10.2 Å². The largest absolute Gasteiger partial charge is 0.484 e. The maximum atomic E-state index is 13.6. The van der Waals surface area contributed by atoms with Gasteiger partial charge in [0.25, 0.3) is 5.91 Å². The Balaban J connectivity index is 1.88. The van der Waals surface area contributed by atoms with Crippen LogP contribution in [0.2, 0.25) is 0 Å². The summed E-state index contributed by atoms with van der Waals surface area (Å²) < 4.78 is 19.0. The number of benzene rings is 1. The van der Waals surface area contributed by atoms with Gasteiger partial charge in [0.15, 0.2) is 6.61 Å². The molecule has 1 aromatic rings. The van der Waals surface area contributed by atoms with E-state index in [1.54, 1.807) is 11.0 Å². The number of nitrogens with zero attached hydrogens (tertiary/aromatic N) is 1. The third kappa shape index (κ3) is 5.01. The molecule has 1 aliphatic rings. The predicted molar refractivity (Wildman–Crippen MR) is 79.7 cm³/mol. The van der Waals surface area contributed by atoms with Crippen molar-refractivity contribution in [3.63, 3.8) is 0 Å². The van der Waals surface area contributed by atoms with Gasteiger partial charge < -0.3 is 15.0 Å². The van der Waals surface area contributed by atoms with Crippen molar-refractivity contribution in [3.05, 3.63) is 29.6 Å². The molecule has 0 unspecified atom stereocenters. The third-order valence-electron chi connectivity index (χ3n) is 3.51. The maximum absolute atomic E-state index is 13.6. The molecule has 1 fully saturated rings. The normalized spacial score (nSPS) is 14.5. The van der Waals surface area contributed by atoms with Crippen LogP contribution in [0.15, 0.2) is 18.2 Å². The number of ether oxygens (including phenoxy) is 1. The number of rotatable bonds is 7. The van der Waals surface area contributed by atoms with Crippen molar-refractivity contribution in [3.8, 4) is 5.75 Å². The third-order valence-corrected chi connectivity index (χ3v) is 3.51. The van der Waals surface area contributed by atoms with Crippen molar-refractivity contribution in [2.45, 2.75) is 32.7 Å². The molecule has 5 heteroatoms. The predicted octanol–water partition coefficient (Wildman–Crippen LogP) is 2.33. The van der Waals surface area contributed by atoms with Gasteiger partial charge in [0, 0.05) is 25.7 Å². The zero-order valence-corrected chi connectivity index (χ0v) is 12.5. The number of amides is 1. The summed E-state index contributed by atoms with van der Waals surface area (Å²) in [4.78, 5) is 13.7. The Morgan fingerprint density at radius 1 is 1.33 bits per heavy atom. The molecule has 0 aromatic heterocycles. The van der Waals surface area contributed by atoms with Crippen LogP contribution in [0, 0.1) is 5.82 Å². The quantitative estimate of drug-likeness (QED) is 0.785. The van der Waals surface area contributed by atoms with E-state index >= 15 is 0 Å². The Labute approximate surface area is 125 Å². The van der Waals surface area contributed by atoms with Crippen LogP contribution < -0.4 is 10.1 Å². The summed E-state index contributed by atoms with van der Waals surface area (Å²) in [5.41, 5.74) is 0.826. The molecule has 1 saturated heterocycles. The number of hydrogen-bond donors (Lipinski definition) is 1. The summed E-state index contributed by atoms with van der Waals surface area (Å²) in [7, 11) is 0. The van der Waals surface area contributed by atoms with Crippen molar-refractivity contribution in [2.75, 3.05) is 26.2 Å². The molecule has 0 radical (unpaired) electrons. The number of hydrogen-bond acceptors (Lipinski definition) is 3. The number of halogens is 1. The van der Waals surface area contributed by atoms with E-state index in [4.69, 9.17) is 4.74 Å². The second-order valence-corrected chi connectivity index (χ2v) is 5.35. The van der Waals surface area contributed by atoms with Crippen molar-refractivity contribution < 1.29 is 13.9 Å². The molecule has 2 rings (SSSR count). The van der Waals surface area contributed by atoms with Gasteiger partial charge in [-0.15, -0.1) is 0 Å². The highest BCUT2D eigenvalue weighted by atomic mass is 19.1. The van der Waals surface area contributed by atoms with Crippen molar-refractivity contribution in [1.29, 1.82) is 0 Å². The molecule has 0 spiro atoms. The highest BCUT2D eigenvalue weighted by Gasteiger charge is 2.18. The van der Waals surface area contributed by atoms with E-state index in [2.05, 4.69) is 12.2 Å². The van der Waals surface area contributed by atoms with E-state index in [9.17, 15) is 9.18 Å². The molecule has 1 amide bonds. The lowest BCUT2D eigenvalue weighted by atomic mass is 10.2. The Morgan fingerprint density at radius 2 is 2.10 bits per heavy atom. The molecule has 116 valence electrons. The van der Waals surface area contributed by atoms with Gasteiger partial charge in [-0.2, -0.15) is 0 Å². The van der Waals surface area contributed by atoms with Crippen molar-refractivity contribution in [2.24, 2.45) is 0 Å². The van der Waals surface area contributed by atoms with Crippen LogP contribution >= 0.6 is 0 Å². The minimum atomic E-state index is -0.339. The molecule has 21 heavy (non-hydrogen) atoms. The Hall–Kier alpha value is -1.62. The fourth-order valence-electron chi connectivity index (χ4n) is 2.42. The number of nitrogens with one attached hydrogen (secondary N) is 1. The van der Waals surface area contributed by atoms with Gasteiger partial charge in [0.1, 0.15) is 11.6 Å². The van der Waals surface area contributed by atoms with Crippen LogP contribution in [0.1, 0.15) is 31.7 Å². The van der Waals surface area contributed by atoms with Crippen molar-refractivity contribution >= 4 is 5.91 Å². The number of carbonyl (C=O) groups is 1. The van der Waals surface area contributed by atoms with E-state index in [1.807, 2.05) is 0 Å². The van der Waals surface area contributed by atoms with E-state index in [-0.39, 0.29) is 18.3 Å². The van der Waals surface area contributed by atoms with E-state index in [0.29, 0.717) is 12.3 Å². The van der Waals surface area contributed by atoms with Gasteiger partial charge in [-0.25, -0.2) is 4.39 Å². The van der Waals surface area contributed by atoms with Gasteiger partial charge in [-0.05, 0) is 43.5 Å². The van der Waals surface area contributed by atoms with Crippen LogP contribution in [-0.4, -0.2) is 37.0 Å². The van der Waals surface area contributed by atoms with E-state index in [0.717, 1.165) is 44.5 Å². The first-order chi connectivity index (χ1) is 10.2. The monoisotopic (exact) mass is 294 g/mol. The molecule has 0 bridgehead atoms. The van der Waals surface area contributed by atoms with Crippen LogP contribution in [-0.2, 0) is 11.3 Å². The lowest BCUT2D eigenvalue weighted by molar-refractivity contribution is -0.132. The molecule has 0 aliphatic carbocycles. The first kappa shape index (κ1) is 15.8. The lowest BCUT2D eigenvalue weighted by Gasteiger charge is -2.16. The molecule has 1 aromatic carbocycles. The zero-order valence-electron chi connectivity index (χ0n) is 12.5. The highest BCUT2D eigenvalue weighted by molar-refractivity contribution is 5.78. The van der Waals surface area contributed by atoms with E-state index in [1.165, 1.54) is 12.1 Å². The van der Waals surface area contributed by atoms with Gasteiger partial charge >= 0.3 is 0 Å². The van der Waals surface area contributed by atoms with Crippen LogP contribution in [0.25, 0.3) is 0 Å². The fourth-order valence-corrected chi connectivity index (χ4v) is 2.42. The molecule has 4 nitrogen and oxygen atoms in total. The number of likely N-dealkylation sites (tertiary alicyclic amines) is 1. The molecule has 0 atom stereocenters. The average molecular weight is 294 g/mol. The average Bonchev–Trinajstić information content (AvgIpc) is 2.99. The smallest absolute Gasteiger partial charge is 0.260 e. The maximum Gasteiger partial charge on any atom is 0.260 e. The minimum Gasteiger partial charge on any atom is -0.484 e. The summed E-state index contributed by atoms with van der Waals surface area (Å²) in [5.74, 6) is 0.0488. The summed E-state index contributed by atoms with van der Waals surface area (Å²) in [5, 5.41) is 3.22. The molecular weight excluding hydrogens is 271 g/mol. The molecule has 1 heterocycles. The fraction of sp³-hybridized carbons (Fsp3) is 0.562. The summed E-state index contributed by atoms with van der Waals surface area (Å²) in [6, 6.07) is 4.58. The van der Waals surface area contributed by atoms with Crippen LogP contribution in [0.4, 0.5) is 4.39 Å². The summed E-state index contributed by atoms with van der Waals surface area (Å²) in [6.45, 7) is 5.15. The van der Waals surface area contributed by atoms with Gasteiger partial charge in [-0.3, -0.25) is 4.79 Å². The number of carbonyl (C=O) groups excluding carboxylic acids is 1. The minimum absolute atomic E-state index is 0.0225. The van der Waals surface area contributed by atoms with Gasteiger partial charge in [0.2, 0.25) is 0 Å². The zero-order chi connectivity index (χ0) is 15.1. The standard InChI is InChI=1S/C16H23FN2O2/c1-2-5-18-11-13-8-14(17)10-15(9-13)21-12-16(20)19-6-3-4-7-19/h8-10,18H,2-7,11-12H2,1H3. The topological polar surface area (TPSA) is 41.6 Å². The second kappa shape index (κ2) is 7.98. The van der Waals surface area contributed by atoms with Gasteiger partial charge in [-0.1, -0.05) is 6.92 Å². The molecule has 1 N–H and O–H groups in total. The molecule has 1 aliphatic heterocycles. The summed E-state index contributed by atoms with van der Waals surface area (Å²) in [6.07, 6.45) is 3.14. The lowest BCUT2D eigenvalue weighted by Crippen LogP contribution is -2.32. The second-order valence-electron chi connectivity index (χ2n) is 5.35. The van der Waals surface area contributed by atoms with Crippen LogP contribution in [0.3, 0.4) is 0 Å². The Bertz CT molecular complexity index is 473. The SMILES string of the molecule is CCCNCc1cc(F)cc(OCC(=O)N2CCCC2)c1. The first-order valence-corrected chi connectivity index (χ1v) is 7.60. The molecule has 0 saturated carbocycles. The van der Waals surface area contributed by atoms with Gasteiger partial charge in [0.05, 0.1) is 0 Å². The Morgan fingerprint density at radius 3 is 2.81 bits per heavy atom. The van der Waals surface area contributed by atoms with Crippen LogP contribution in [0.5, 0.6) is 5.75 Å². The van der Waals surface area contributed by atoms with E-state index < -0.39 is 0 Å².